The molecule has 2 aromatic rings. The molecule has 2 heterocycles. The van der Waals surface area contributed by atoms with Gasteiger partial charge in [-0.15, -0.1) is 0 Å². The van der Waals surface area contributed by atoms with E-state index in [1.165, 1.54) is 22.8 Å². The third-order valence-corrected chi connectivity index (χ3v) is 4.93. The summed E-state index contributed by atoms with van der Waals surface area (Å²) in [5.74, 6) is -2.78. The Kier molecular flexibility index (Phi) is 5.79. The van der Waals surface area contributed by atoms with Gasteiger partial charge in [0.05, 0.1) is 12.6 Å². The van der Waals surface area contributed by atoms with Crippen LogP contribution in [0.15, 0.2) is 41.3 Å². The lowest BCUT2D eigenvalue weighted by molar-refractivity contribution is 0.0581. The minimum absolute atomic E-state index is 0.171. The second kappa shape index (κ2) is 8.26. The molecule has 0 fully saturated rings. The van der Waals surface area contributed by atoms with E-state index >= 15 is 0 Å². The zero-order chi connectivity index (χ0) is 20.3. The van der Waals surface area contributed by atoms with Crippen molar-refractivity contribution >= 4 is 11.9 Å². The highest BCUT2D eigenvalue weighted by atomic mass is 16.5. The van der Waals surface area contributed by atoms with Gasteiger partial charge in [0.15, 0.2) is 11.4 Å². The minimum Gasteiger partial charge on any atom is -0.503 e. The van der Waals surface area contributed by atoms with Crippen molar-refractivity contribution in [3.63, 3.8) is 0 Å². The van der Waals surface area contributed by atoms with E-state index < -0.39 is 28.6 Å². The molecule has 1 aromatic carbocycles. The van der Waals surface area contributed by atoms with Gasteiger partial charge < -0.3 is 24.4 Å². The number of carbonyl (C=O) groups excluding carboxylic acids is 1. The summed E-state index contributed by atoms with van der Waals surface area (Å²) in [5.41, 5.74) is -0.671. The smallest absolute Gasteiger partial charge is 0.341 e. The van der Waals surface area contributed by atoms with Gasteiger partial charge in [-0.05, 0) is 18.4 Å². The van der Waals surface area contributed by atoms with Crippen molar-refractivity contribution < 1.29 is 24.5 Å². The number of ether oxygens (including phenoxy) is 1. The van der Waals surface area contributed by atoms with Crippen molar-refractivity contribution in [2.75, 3.05) is 26.8 Å². The molecule has 3 rings (SSSR count). The molecule has 0 saturated carbocycles. The number of fused-ring (bicyclic) bond motifs is 1. The van der Waals surface area contributed by atoms with Gasteiger partial charge in [-0.25, -0.2) is 4.79 Å². The summed E-state index contributed by atoms with van der Waals surface area (Å²) in [7, 11) is 1.52. The van der Waals surface area contributed by atoms with E-state index in [-0.39, 0.29) is 11.7 Å². The molecule has 1 aliphatic heterocycles. The Morgan fingerprint density at radius 2 is 1.96 bits per heavy atom. The first kappa shape index (κ1) is 19.6. The van der Waals surface area contributed by atoms with Gasteiger partial charge in [0.2, 0.25) is 5.43 Å². The average molecular weight is 386 g/mol. The summed E-state index contributed by atoms with van der Waals surface area (Å²) in [6, 6.07) is 9.49. The van der Waals surface area contributed by atoms with Crippen molar-refractivity contribution in [3.05, 3.63) is 63.6 Å². The molecule has 0 bridgehead atoms. The molecule has 0 aliphatic carbocycles. The highest BCUT2D eigenvalue weighted by molar-refractivity contribution is 5.97. The third kappa shape index (κ3) is 3.77. The minimum atomic E-state index is -1.44. The van der Waals surface area contributed by atoms with Gasteiger partial charge in [-0.3, -0.25) is 9.59 Å². The molecular formula is C20H22N2O6. The van der Waals surface area contributed by atoms with Crippen molar-refractivity contribution in [1.82, 2.24) is 9.47 Å². The van der Waals surface area contributed by atoms with Crippen molar-refractivity contribution in [1.29, 1.82) is 0 Å². The number of methoxy groups -OCH3 is 1. The number of aromatic carboxylic acids is 1. The van der Waals surface area contributed by atoms with E-state index in [0.717, 1.165) is 5.56 Å². The maximum Gasteiger partial charge on any atom is 0.341 e. The van der Waals surface area contributed by atoms with Crippen LogP contribution in [0.25, 0.3) is 0 Å². The second-order valence-corrected chi connectivity index (χ2v) is 6.70. The standard InChI is InChI=1S/C20H22N2O6/c1-28-10-9-21-11-14(8-7-13-5-3-2-4-6-13)22-12-15(20(26)27)17(23)18(24)16(22)19(21)25/h2-6,12,14,24H,7-11H2,1H3,(H,26,27). The van der Waals surface area contributed by atoms with E-state index in [9.17, 15) is 24.6 Å². The van der Waals surface area contributed by atoms with Crippen molar-refractivity contribution in [3.8, 4) is 5.75 Å². The zero-order valence-corrected chi connectivity index (χ0v) is 15.5. The number of benzene rings is 1. The number of pyridine rings is 1. The molecule has 2 N–H and O–H groups in total. The molecule has 0 spiro atoms. The number of carboxylic acids is 1. The zero-order valence-electron chi connectivity index (χ0n) is 15.5. The number of hydrogen-bond donors (Lipinski definition) is 2. The fourth-order valence-electron chi connectivity index (χ4n) is 3.45. The maximum absolute atomic E-state index is 12.8. The first-order valence-corrected chi connectivity index (χ1v) is 8.97. The fourth-order valence-corrected chi connectivity index (χ4v) is 3.45. The predicted molar refractivity (Wildman–Crippen MR) is 101 cm³/mol. The lowest BCUT2D eigenvalue weighted by Gasteiger charge is -2.36. The Bertz CT molecular complexity index is 938. The first-order valence-electron chi connectivity index (χ1n) is 8.97. The molecule has 8 heteroatoms. The van der Waals surface area contributed by atoms with Crippen LogP contribution in [-0.4, -0.2) is 58.4 Å². The second-order valence-electron chi connectivity index (χ2n) is 6.70. The van der Waals surface area contributed by atoms with E-state index in [2.05, 4.69) is 0 Å². The first-order chi connectivity index (χ1) is 13.4. The molecule has 0 radical (unpaired) electrons. The van der Waals surface area contributed by atoms with Crippen LogP contribution < -0.4 is 5.43 Å². The van der Waals surface area contributed by atoms with Crippen LogP contribution in [0.1, 0.15) is 38.9 Å². The largest absolute Gasteiger partial charge is 0.503 e. The Morgan fingerprint density at radius 1 is 1.25 bits per heavy atom. The van der Waals surface area contributed by atoms with Crippen LogP contribution >= 0.6 is 0 Å². The molecule has 1 atom stereocenters. The average Bonchev–Trinajstić information content (AvgIpc) is 2.69. The molecule has 1 aromatic heterocycles. The number of aromatic nitrogens is 1. The van der Waals surface area contributed by atoms with Crippen LogP contribution in [0.2, 0.25) is 0 Å². The molecule has 28 heavy (non-hydrogen) atoms. The topological polar surface area (TPSA) is 109 Å². The van der Waals surface area contributed by atoms with Crippen LogP contribution in [-0.2, 0) is 11.2 Å². The molecule has 1 unspecified atom stereocenters. The molecule has 1 aliphatic rings. The summed E-state index contributed by atoms with van der Waals surface area (Å²) >= 11 is 0. The molecular weight excluding hydrogens is 364 g/mol. The van der Waals surface area contributed by atoms with Crippen LogP contribution in [0, 0.1) is 0 Å². The molecule has 8 nitrogen and oxygen atoms in total. The number of amides is 1. The van der Waals surface area contributed by atoms with Gasteiger partial charge in [0.25, 0.3) is 5.91 Å². The van der Waals surface area contributed by atoms with Crippen LogP contribution in [0.4, 0.5) is 0 Å². The van der Waals surface area contributed by atoms with E-state index in [0.29, 0.717) is 32.5 Å². The summed E-state index contributed by atoms with van der Waals surface area (Å²) in [4.78, 5) is 37.9. The molecule has 0 saturated heterocycles. The number of rotatable bonds is 7. The molecule has 148 valence electrons. The summed E-state index contributed by atoms with van der Waals surface area (Å²) in [6.45, 7) is 0.963. The number of hydrogen-bond acceptors (Lipinski definition) is 5. The normalized spacial score (nSPS) is 16.1. The monoisotopic (exact) mass is 386 g/mol. The van der Waals surface area contributed by atoms with Crippen molar-refractivity contribution in [2.45, 2.75) is 18.9 Å². The summed E-state index contributed by atoms with van der Waals surface area (Å²) < 4.78 is 6.49. The highest BCUT2D eigenvalue weighted by Crippen LogP contribution is 2.29. The lowest BCUT2D eigenvalue weighted by Crippen LogP contribution is -2.46. The Morgan fingerprint density at radius 3 is 2.61 bits per heavy atom. The summed E-state index contributed by atoms with van der Waals surface area (Å²) in [6.07, 6.45) is 2.47. The third-order valence-electron chi connectivity index (χ3n) is 4.93. The Hall–Kier alpha value is -3.13. The van der Waals surface area contributed by atoms with Gasteiger partial charge in [-0.1, -0.05) is 30.3 Å². The highest BCUT2D eigenvalue weighted by Gasteiger charge is 2.35. The Labute approximate surface area is 161 Å². The van der Waals surface area contributed by atoms with Gasteiger partial charge >= 0.3 is 5.97 Å². The number of aryl methyl sites for hydroxylation is 1. The Balaban J connectivity index is 2.01. The number of nitrogens with zero attached hydrogens (tertiary/aromatic N) is 2. The van der Waals surface area contributed by atoms with E-state index in [1.807, 2.05) is 30.3 Å². The van der Waals surface area contributed by atoms with Gasteiger partial charge in [0, 0.05) is 26.4 Å². The van der Waals surface area contributed by atoms with Gasteiger partial charge in [-0.2, -0.15) is 0 Å². The maximum atomic E-state index is 12.8. The number of carbonyl (C=O) groups is 2. The SMILES string of the molecule is COCCN1CC(CCc2ccccc2)n2cc(C(=O)O)c(=O)c(O)c2C1=O. The van der Waals surface area contributed by atoms with Crippen LogP contribution in [0.5, 0.6) is 5.75 Å². The van der Waals surface area contributed by atoms with E-state index in [4.69, 9.17) is 4.74 Å². The molecule has 1 amide bonds. The van der Waals surface area contributed by atoms with Gasteiger partial charge in [0.1, 0.15) is 5.56 Å². The van der Waals surface area contributed by atoms with E-state index in [1.54, 1.807) is 0 Å². The lowest BCUT2D eigenvalue weighted by atomic mass is 10.0. The number of carboxylic acid groups (broad SMARTS) is 1. The predicted octanol–water partition coefficient (Wildman–Crippen LogP) is 1.53. The quantitative estimate of drug-likeness (QED) is 0.747. The van der Waals surface area contributed by atoms with Crippen molar-refractivity contribution in [2.24, 2.45) is 0 Å². The van der Waals surface area contributed by atoms with Crippen LogP contribution in [0.3, 0.4) is 0 Å². The number of aromatic hydroxyl groups is 1. The fraction of sp³-hybridized carbons (Fsp3) is 0.350. The summed E-state index contributed by atoms with van der Waals surface area (Å²) in [5, 5.41) is 19.6.